The van der Waals surface area contributed by atoms with E-state index in [9.17, 15) is 4.79 Å². The molecular weight excluding hydrogens is 280 g/mol. The Bertz CT molecular complexity index is 693. The molecule has 23 heavy (non-hydrogen) atoms. The zero-order valence-electron chi connectivity index (χ0n) is 14.0. The van der Waals surface area contributed by atoms with E-state index in [0.717, 1.165) is 36.0 Å². The second kappa shape index (κ2) is 6.95. The maximum Gasteiger partial charge on any atom is 0.166 e. The van der Waals surface area contributed by atoms with E-state index < -0.39 is 0 Å². The van der Waals surface area contributed by atoms with Gasteiger partial charge in [0.2, 0.25) is 0 Å². The van der Waals surface area contributed by atoms with Crippen LogP contribution in [0.4, 0.5) is 0 Å². The van der Waals surface area contributed by atoms with Crippen molar-refractivity contribution in [2.24, 2.45) is 0 Å². The van der Waals surface area contributed by atoms with Crippen LogP contribution in [-0.2, 0) is 4.79 Å². The maximum absolute atomic E-state index is 12.9. The predicted octanol–water partition coefficient (Wildman–Crippen LogP) is 5.73. The van der Waals surface area contributed by atoms with Crippen LogP contribution in [0, 0.1) is 0 Å². The van der Waals surface area contributed by atoms with Crippen molar-refractivity contribution in [2.45, 2.75) is 44.9 Å². The summed E-state index contributed by atoms with van der Waals surface area (Å²) in [7, 11) is 0. The summed E-state index contributed by atoms with van der Waals surface area (Å²) in [4.78, 5) is 12.9. The lowest BCUT2D eigenvalue weighted by molar-refractivity contribution is -0.117. The molecule has 1 aliphatic carbocycles. The highest BCUT2D eigenvalue weighted by Crippen LogP contribution is 2.34. The first-order valence-electron chi connectivity index (χ1n) is 8.55. The number of carbonyl (C=O) groups excluding carboxylic acids is 1. The van der Waals surface area contributed by atoms with Gasteiger partial charge in [0.15, 0.2) is 5.78 Å². The quantitative estimate of drug-likeness (QED) is 0.662. The van der Waals surface area contributed by atoms with Crippen LogP contribution >= 0.6 is 0 Å². The summed E-state index contributed by atoms with van der Waals surface area (Å²) in [6.07, 6.45) is 5.01. The van der Waals surface area contributed by atoms with Crippen molar-refractivity contribution in [1.82, 2.24) is 0 Å². The first-order chi connectivity index (χ1) is 11.1. The molecule has 118 valence electrons. The van der Waals surface area contributed by atoms with Gasteiger partial charge in [0.1, 0.15) is 0 Å². The van der Waals surface area contributed by atoms with Crippen LogP contribution in [0.5, 0.6) is 0 Å². The van der Waals surface area contributed by atoms with E-state index in [0.29, 0.717) is 11.7 Å². The number of benzene rings is 2. The number of allylic oxidation sites excluding steroid dienone is 1. The highest BCUT2D eigenvalue weighted by molar-refractivity contribution is 6.04. The van der Waals surface area contributed by atoms with Gasteiger partial charge in [-0.15, -0.1) is 0 Å². The molecule has 0 radical (unpaired) electrons. The molecule has 3 rings (SSSR count). The summed E-state index contributed by atoms with van der Waals surface area (Å²) in [6, 6.07) is 18.8. The van der Waals surface area contributed by atoms with Crippen LogP contribution in [0.25, 0.3) is 6.08 Å². The van der Waals surface area contributed by atoms with Gasteiger partial charge in [-0.2, -0.15) is 0 Å². The SMILES string of the molecule is CC(C)c1ccc(C2CCCC(=Cc3ccccc3)C2=O)cc1. The van der Waals surface area contributed by atoms with Gasteiger partial charge in [0.05, 0.1) is 0 Å². The Morgan fingerprint density at radius 3 is 2.35 bits per heavy atom. The highest BCUT2D eigenvalue weighted by atomic mass is 16.1. The summed E-state index contributed by atoms with van der Waals surface area (Å²) in [5.74, 6) is 0.858. The minimum absolute atomic E-state index is 0.0277. The van der Waals surface area contributed by atoms with E-state index >= 15 is 0 Å². The Morgan fingerprint density at radius 2 is 1.70 bits per heavy atom. The molecule has 2 aromatic carbocycles. The zero-order valence-corrected chi connectivity index (χ0v) is 14.0. The van der Waals surface area contributed by atoms with Gasteiger partial charge < -0.3 is 0 Å². The van der Waals surface area contributed by atoms with Crippen LogP contribution in [0.3, 0.4) is 0 Å². The molecular formula is C22H24O. The van der Waals surface area contributed by atoms with Gasteiger partial charge in [-0.3, -0.25) is 4.79 Å². The third kappa shape index (κ3) is 3.61. The van der Waals surface area contributed by atoms with Gasteiger partial charge in [-0.05, 0) is 53.5 Å². The summed E-state index contributed by atoms with van der Waals surface area (Å²) in [5.41, 5.74) is 4.59. The fourth-order valence-electron chi connectivity index (χ4n) is 3.30. The van der Waals surface area contributed by atoms with Gasteiger partial charge in [-0.25, -0.2) is 0 Å². The van der Waals surface area contributed by atoms with Gasteiger partial charge in [-0.1, -0.05) is 68.4 Å². The lowest BCUT2D eigenvalue weighted by Crippen LogP contribution is -2.19. The van der Waals surface area contributed by atoms with Gasteiger partial charge in [0, 0.05) is 5.92 Å². The van der Waals surface area contributed by atoms with Crippen molar-refractivity contribution in [3.05, 3.63) is 76.9 Å². The molecule has 1 unspecified atom stereocenters. The number of hydrogen-bond donors (Lipinski definition) is 0. The van der Waals surface area contributed by atoms with Crippen molar-refractivity contribution >= 4 is 11.9 Å². The standard InChI is InChI=1S/C22H24O/c1-16(2)18-11-13-19(14-12-18)21-10-6-9-20(22(21)23)15-17-7-4-3-5-8-17/h3-5,7-8,11-16,21H,6,9-10H2,1-2H3. The molecule has 0 heterocycles. The summed E-state index contributed by atoms with van der Waals surface area (Å²) in [6.45, 7) is 4.39. The summed E-state index contributed by atoms with van der Waals surface area (Å²) < 4.78 is 0. The lowest BCUT2D eigenvalue weighted by atomic mass is 9.79. The van der Waals surface area contributed by atoms with Crippen LogP contribution in [0.15, 0.2) is 60.2 Å². The lowest BCUT2D eigenvalue weighted by Gasteiger charge is -2.23. The minimum Gasteiger partial charge on any atom is -0.294 e. The second-order valence-corrected chi connectivity index (χ2v) is 6.71. The minimum atomic E-state index is 0.0277. The van der Waals surface area contributed by atoms with Crippen molar-refractivity contribution < 1.29 is 4.79 Å². The molecule has 0 aromatic heterocycles. The van der Waals surface area contributed by atoms with Crippen LogP contribution in [0.1, 0.15) is 61.6 Å². The molecule has 0 N–H and O–H groups in total. The molecule has 1 fully saturated rings. The van der Waals surface area contributed by atoms with E-state index in [4.69, 9.17) is 0 Å². The molecule has 1 heteroatoms. The van der Waals surface area contributed by atoms with Crippen LogP contribution < -0.4 is 0 Å². The number of carbonyl (C=O) groups is 1. The number of Topliss-reactive ketones (excluding diaryl/α,β-unsaturated/α-hetero) is 1. The number of rotatable bonds is 3. The fraction of sp³-hybridized carbons (Fsp3) is 0.318. The molecule has 2 aromatic rings. The molecule has 1 aliphatic rings. The Morgan fingerprint density at radius 1 is 1.00 bits per heavy atom. The van der Waals surface area contributed by atoms with E-state index in [2.05, 4.69) is 56.3 Å². The van der Waals surface area contributed by atoms with E-state index in [-0.39, 0.29) is 5.92 Å². The molecule has 0 aliphatic heterocycles. The summed E-state index contributed by atoms with van der Waals surface area (Å²) >= 11 is 0. The number of hydrogen-bond acceptors (Lipinski definition) is 1. The first-order valence-corrected chi connectivity index (χ1v) is 8.55. The van der Waals surface area contributed by atoms with E-state index in [1.807, 2.05) is 18.2 Å². The maximum atomic E-state index is 12.9. The average Bonchev–Trinajstić information content (AvgIpc) is 2.58. The number of ketones is 1. The van der Waals surface area contributed by atoms with Crippen LogP contribution in [-0.4, -0.2) is 5.78 Å². The molecule has 0 bridgehead atoms. The zero-order chi connectivity index (χ0) is 16.2. The van der Waals surface area contributed by atoms with Gasteiger partial charge >= 0.3 is 0 Å². The van der Waals surface area contributed by atoms with E-state index in [1.54, 1.807) is 0 Å². The monoisotopic (exact) mass is 304 g/mol. The molecule has 1 saturated carbocycles. The Kier molecular flexibility index (Phi) is 4.76. The second-order valence-electron chi connectivity index (χ2n) is 6.71. The topological polar surface area (TPSA) is 17.1 Å². The van der Waals surface area contributed by atoms with Crippen LogP contribution in [0.2, 0.25) is 0 Å². The largest absolute Gasteiger partial charge is 0.294 e. The Labute approximate surface area is 139 Å². The van der Waals surface area contributed by atoms with E-state index in [1.165, 1.54) is 5.56 Å². The smallest absolute Gasteiger partial charge is 0.166 e. The van der Waals surface area contributed by atoms with Crippen molar-refractivity contribution in [3.63, 3.8) is 0 Å². The van der Waals surface area contributed by atoms with Crippen molar-refractivity contribution in [3.8, 4) is 0 Å². The normalized spacial score (nSPS) is 20.2. The van der Waals surface area contributed by atoms with Crippen molar-refractivity contribution in [1.29, 1.82) is 0 Å². The molecule has 1 nitrogen and oxygen atoms in total. The third-order valence-electron chi connectivity index (χ3n) is 4.72. The predicted molar refractivity (Wildman–Crippen MR) is 96.5 cm³/mol. The molecule has 1 atom stereocenters. The highest BCUT2D eigenvalue weighted by Gasteiger charge is 2.27. The molecule has 0 saturated heterocycles. The fourth-order valence-corrected chi connectivity index (χ4v) is 3.30. The third-order valence-corrected chi connectivity index (χ3v) is 4.72. The van der Waals surface area contributed by atoms with Gasteiger partial charge in [0.25, 0.3) is 0 Å². The van der Waals surface area contributed by atoms with Crippen molar-refractivity contribution in [2.75, 3.05) is 0 Å². The molecule has 0 amide bonds. The summed E-state index contributed by atoms with van der Waals surface area (Å²) in [5, 5.41) is 0. The first kappa shape index (κ1) is 15.7. The average molecular weight is 304 g/mol. The molecule has 0 spiro atoms. The Balaban J connectivity index is 1.83. The Hall–Kier alpha value is -2.15.